The third-order valence-electron chi connectivity index (χ3n) is 5.56. The number of halogens is 2. The fourth-order valence-corrected chi connectivity index (χ4v) is 4.25. The second-order valence-electron chi connectivity index (χ2n) is 7.70. The van der Waals surface area contributed by atoms with E-state index in [4.69, 9.17) is 23.2 Å². The van der Waals surface area contributed by atoms with Gasteiger partial charge in [-0.05, 0) is 44.5 Å². The van der Waals surface area contributed by atoms with Crippen molar-refractivity contribution in [2.24, 2.45) is 0 Å². The van der Waals surface area contributed by atoms with Crippen molar-refractivity contribution >= 4 is 46.8 Å². The molecule has 0 aliphatic carbocycles. The molecular formula is C24H25Cl2N3O4. The molecule has 3 rings (SSSR count). The maximum Gasteiger partial charge on any atom is 0.261 e. The molecule has 0 radical (unpaired) electrons. The number of imide groups is 1. The van der Waals surface area contributed by atoms with Crippen LogP contribution in [0.25, 0.3) is 0 Å². The van der Waals surface area contributed by atoms with Gasteiger partial charge in [0.05, 0.1) is 11.1 Å². The third-order valence-corrected chi connectivity index (χ3v) is 6.27. The average molecular weight is 490 g/mol. The van der Waals surface area contributed by atoms with Crippen molar-refractivity contribution in [2.75, 3.05) is 13.1 Å². The molecule has 1 N–H and O–H groups in total. The number of benzene rings is 2. The van der Waals surface area contributed by atoms with E-state index in [0.717, 1.165) is 4.90 Å². The predicted molar refractivity (Wildman–Crippen MR) is 126 cm³/mol. The number of nitrogens with one attached hydrogen (secondary N) is 1. The molecule has 2 aromatic rings. The van der Waals surface area contributed by atoms with Gasteiger partial charge in [-0.3, -0.25) is 24.1 Å². The van der Waals surface area contributed by atoms with Crippen LogP contribution in [0.5, 0.6) is 0 Å². The molecule has 9 heteroatoms. The molecule has 2 aromatic carbocycles. The molecule has 0 bridgehead atoms. The Morgan fingerprint density at radius 2 is 1.58 bits per heavy atom. The SMILES string of the molecule is CCNC(=O)[C@@H](C)N(Cc1c(Cl)cccc1Cl)C(=O)CCCN1C(=O)c2ccccc2C1=O. The topological polar surface area (TPSA) is 86.8 Å². The van der Waals surface area contributed by atoms with E-state index in [1.807, 2.05) is 0 Å². The first-order valence-corrected chi connectivity index (χ1v) is 11.5. The molecule has 1 atom stereocenters. The number of hydrogen-bond donors (Lipinski definition) is 1. The summed E-state index contributed by atoms with van der Waals surface area (Å²) in [6.07, 6.45) is 0.304. The third kappa shape index (κ3) is 5.37. The van der Waals surface area contributed by atoms with E-state index in [9.17, 15) is 19.2 Å². The van der Waals surface area contributed by atoms with Gasteiger partial charge in [-0.15, -0.1) is 0 Å². The van der Waals surface area contributed by atoms with Crippen molar-refractivity contribution in [1.82, 2.24) is 15.1 Å². The highest BCUT2D eigenvalue weighted by Gasteiger charge is 2.35. The van der Waals surface area contributed by atoms with Crippen molar-refractivity contribution in [2.45, 2.75) is 39.3 Å². The molecule has 0 spiro atoms. The van der Waals surface area contributed by atoms with E-state index in [2.05, 4.69) is 5.32 Å². The first-order valence-electron chi connectivity index (χ1n) is 10.7. The Hall–Kier alpha value is -2.90. The Labute approximate surface area is 202 Å². The van der Waals surface area contributed by atoms with E-state index >= 15 is 0 Å². The van der Waals surface area contributed by atoms with Crippen molar-refractivity contribution in [3.63, 3.8) is 0 Å². The van der Waals surface area contributed by atoms with Crippen LogP contribution in [0, 0.1) is 0 Å². The van der Waals surface area contributed by atoms with Crippen molar-refractivity contribution < 1.29 is 19.2 Å². The summed E-state index contributed by atoms with van der Waals surface area (Å²) in [4.78, 5) is 53.3. The maximum absolute atomic E-state index is 13.1. The molecule has 1 aliphatic rings. The highest BCUT2D eigenvalue weighted by Crippen LogP contribution is 2.27. The lowest BCUT2D eigenvalue weighted by molar-refractivity contribution is -0.140. The molecule has 33 heavy (non-hydrogen) atoms. The molecule has 7 nitrogen and oxygen atoms in total. The number of carbonyl (C=O) groups excluding carboxylic acids is 4. The maximum atomic E-state index is 13.1. The van der Waals surface area contributed by atoms with Gasteiger partial charge in [-0.25, -0.2) is 0 Å². The molecule has 1 aliphatic heterocycles. The summed E-state index contributed by atoms with van der Waals surface area (Å²) >= 11 is 12.6. The van der Waals surface area contributed by atoms with E-state index in [-0.39, 0.29) is 49.6 Å². The van der Waals surface area contributed by atoms with E-state index < -0.39 is 6.04 Å². The van der Waals surface area contributed by atoms with Gasteiger partial charge in [-0.1, -0.05) is 41.4 Å². The molecule has 0 fully saturated rings. The Bertz CT molecular complexity index is 1030. The predicted octanol–water partition coefficient (Wildman–Crippen LogP) is 3.92. The molecule has 0 unspecified atom stereocenters. The normalized spacial score (nSPS) is 13.6. The van der Waals surface area contributed by atoms with Crippen molar-refractivity contribution in [3.05, 3.63) is 69.2 Å². The van der Waals surface area contributed by atoms with Gasteiger partial charge in [-0.2, -0.15) is 0 Å². The van der Waals surface area contributed by atoms with Crippen LogP contribution < -0.4 is 5.32 Å². The molecule has 0 saturated heterocycles. The van der Waals surface area contributed by atoms with Crippen LogP contribution in [0.15, 0.2) is 42.5 Å². The van der Waals surface area contributed by atoms with Crippen LogP contribution >= 0.6 is 23.2 Å². The zero-order valence-corrected chi connectivity index (χ0v) is 19.9. The zero-order valence-electron chi connectivity index (χ0n) is 18.4. The molecular weight excluding hydrogens is 465 g/mol. The molecule has 174 valence electrons. The monoisotopic (exact) mass is 489 g/mol. The molecule has 0 aromatic heterocycles. The number of hydrogen-bond acceptors (Lipinski definition) is 4. The minimum absolute atomic E-state index is 0.0409. The quantitative estimate of drug-likeness (QED) is 0.540. The number of rotatable bonds is 9. The molecule has 0 saturated carbocycles. The summed E-state index contributed by atoms with van der Waals surface area (Å²) in [5.41, 5.74) is 1.29. The van der Waals surface area contributed by atoms with Gasteiger partial charge < -0.3 is 10.2 Å². The van der Waals surface area contributed by atoms with Gasteiger partial charge in [0.15, 0.2) is 0 Å². The highest BCUT2D eigenvalue weighted by molar-refractivity contribution is 6.36. The van der Waals surface area contributed by atoms with E-state index in [1.54, 1.807) is 56.3 Å². The summed E-state index contributed by atoms with van der Waals surface area (Å²) in [7, 11) is 0. The smallest absolute Gasteiger partial charge is 0.261 e. The summed E-state index contributed by atoms with van der Waals surface area (Å²) in [5, 5.41) is 3.52. The van der Waals surface area contributed by atoms with Crippen LogP contribution in [0.3, 0.4) is 0 Å². The second-order valence-corrected chi connectivity index (χ2v) is 8.52. The number of likely N-dealkylation sites (N-methyl/N-ethyl adjacent to an activating group) is 1. The zero-order chi connectivity index (χ0) is 24.1. The van der Waals surface area contributed by atoms with Crippen LogP contribution in [0.2, 0.25) is 10.0 Å². The van der Waals surface area contributed by atoms with Crippen LogP contribution in [0.4, 0.5) is 0 Å². The summed E-state index contributed by atoms with van der Waals surface area (Å²) in [6, 6.07) is 10.9. The average Bonchev–Trinajstić information content (AvgIpc) is 3.03. The lowest BCUT2D eigenvalue weighted by atomic mass is 10.1. The Kier molecular flexibility index (Phi) is 8.10. The summed E-state index contributed by atoms with van der Waals surface area (Å²) in [5.74, 6) is -1.33. The molecule has 4 amide bonds. The van der Waals surface area contributed by atoms with E-state index in [0.29, 0.717) is 33.3 Å². The van der Waals surface area contributed by atoms with Crippen LogP contribution in [-0.4, -0.2) is 52.6 Å². The Balaban J connectivity index is 1.70. The second kappa shape index (κ2) is 10.8. The van der Waals surface area contributed by atoms with E-state index in [1.165, 1.54) is 4.90 Å². The minimum Gasteiger partial charge on any atom is -0.355 e. The van der Waals surface area contributed by atoms with Crippen molar-refractivity contribution in [1.29, 1.82) is 0 Å². The Morgan fingerprint density at radius 1 is 1.00 bits per heavy atom. The molecule has 1 heterocycles. The van der Waals surface area contributed by atoms with Gasteiger partial charge >= 0.3 is 0 Å². The van der Waals surface area contributed by atoms with Gasteiger partial charge in [0.1, 0.15) is 6.04 Å². The fourth-order valence-electron chi connectivity index (χ4n) is 3.73. The van der Waals surface area contributed by atoms with Gasteiger partial charge in [0, 0.05) is 41.7 Å². The number of fused-ring (bicyclic) bond motifs is 1. The number of carbonyl (C=O) groups is 4. The highest BCUT2D eigenvalue weighted by atomic mass is 35.5. The summed E-state index contributed by atoms with van der Waals surface area (Å²) < 4.78 is 0. The van der Waals surface area contributed by atoms with Crippen LogP contribution in [0.1, 0.15) is 53.0 Å². The first kappa shape index (κ1) is 24.7. The Morgan fingerprint density at radius 3 is 2.12 bits per heavy atom. The van der Waals surface area contributed by atoms with Gasteiger partial charge in [0.25, 0.3) is 11.8 Å². The number of nitrogens with zero attached hydrogens (tertiary/aromatic N) is 2. The largest absolute Gasteiger partial charge is 0.355 e. The fraction of sp³-hybridized carbons (Fsp3) is 0.333. The minimum atomic E-state index is -0.760. The van der Waals surface area contributed by atoms with Crippen molar-refractivity contribution in [3.8, 4) is 0 Å². The first-order chi connectivity index (χ1) is 15.8. The standard InChI is InChI=1S/C24H25Cl2N3O4/c1-3-27-22(31)15(2)29(14-18-19(25)10-6-11-20(18)26)21(30)12-7-13-28-23(32)16-8-4-5-9-17(16)24(28)33/h4-6,8-11,15H,3,7,12-14H2,1-2H3,(H,27,31)/t15-/m1/s1. The van der Waals surface area contributed by atoms with Gasteiger partial charge in [0.2, 0.25) is 11.8 Å². The number of amides is 4. The lowest BCUT2D eigenvalue weighted by Gasteiger charge is -2.29. The summed E-state index contributed by atoms with van der Waals surface area (Å²) in [6.45, 7) is 4.02. The lowest BCUT2D eigenvalue weighted by Crippen LogP contribution is -2.47. The van der Waals surface area contributed by atoms with Crippen LogP contribution in [-0.2, 0) is 16.1 Å².